The average molecular weight is 266 g/mol. The van der Waals surface area contributed by atoms with E-state index in [2.05, 4.69) is 10.3 Å². The first kappa shape index (κ1) is 16.9. The van der Waals surface area contributed by atoms with Crippen molar-refractivity contribution in [2.45, 2.75) is 0 Å². The van der Waals surface area contributed by atoms with Crippen LogP contribution in [-0.4, -0.2) is 24.0 Å². The molecule has 1 aromatic rings. The molecule has 0 saturated heterocycles. The summed E-state index contributed by atoms with van der Waals surface area (Å²) in [6, 6.07) is 4.53. The molecule has 1 rings (SSSR count). The molecule has 0 aliphatic rings. The van der Waals surface area contributed by atoms with Gasteiger partial charge in [-0.3, -0.25) is 5.41 Å². The Kier molecular flexibility index (Phi) is 8.15. The van der Waals surface area contributed by atoms with E-state index in [9.17, 15) is 4.79 Å². The van der Waals surface area contributed by atoms with E-state index in [0.29, 0.717) is 5.82 Å². The van der Waals surface area contributed by atoms with Crippen molar-refractivity contribution in [3.05, 3.63) is 24.4 Å². The molecule has 0 aromatic carbocycles. The molecule has 1 aromatic heterocycles. The van der Waals surface area contributed by atoms with Crippen LogP contribution in [0, 0.1) is 5.41 Å². The average Bonchev–Trinajstić information content (AvgIpc) is 2.19. The maximum atomic E-state index is 11.3. The van der Waals surface area contributed by atoms with Crippen LogP contribution in [0.1, 0.15) is 0 Å². The van der Waals surface area contributed by atoms with Gasteiger partial charge in [0.05, 0.1) is 0 Å². The van der Waals surface area contributed by atoms with Gasteiger partial charge in [-0.1, -0.05) is 6.07 Å². The number of anilines is 1. The molecule has 0 radical (unpaired) electrons. The summed E-state index contributed by atoms with van der Waals surface area (Å²) in [5.41, 5.74) is 5.25. The van der Waals surface area contributed by atoms with Crippen molar-refractivity contribution in [1.82, 2.24) is 10.3 Å². The van der Waals surface area contributed by atoms with Crippen LogP contribution in [-0.2, 0) is 0 Å². The molecule has 0 aliphatic carbocycles. The Labute approximate surface area is 106 Å². The number of hydrogen-bond donors (Lipinski definition) is 3. The third-order valence-corrected chi connectivity index (χ3v) is 1.54. The fourth-order valence-electron chi connectivity index (χ4n) is 0.935. The zero-order valence-corrected chi connectivity index (χ0v) is 10.1. The summed E-state index contributed by atoms with van der Waals surface area (Å²) in [7, 11) is 1.46. The molecule has 0 saturated carbocycles. The lowest BCUT2D eigenvalue weighted by Gasteiger charge is -2.18. The number of pyridine rings is 1. The number of carbonyl (C=O) groups is 1. The second-order valence-electron chi connectivity index (χ2n) is 2.46. The van der Waals surface area contributed by atoms with Crippen LogP contribution in [0.5, 0.6) is 0 Å². The first-order chi connectivity index (χ1) is 6.66. The van der Waals surface area contributed by atoms with Crippen LogP contribution in [0.2, 0.25) is 0 Å². The lowest BCUT2D eigenvalue weighted by atomic mass is 10.4. The molecule has 16 heavy (non-hydrogen) atoms. The van der Waals surface area contributed by atoms with Crippen LogP contribution in [0.25, 0.3) is 0 Å². The van der Waals surface area contributed by atoms with Gasteiger partial charge in [0, 0.05) is 13.2 Å². The maximum absolute atomic E-state index is 11.3. The number of amides is 2. The number of urea groups is 1. The Hall–Kier alpha value is -1.53. The highest BCUT2D eigenvalue weighted by Crippen LogP contribution is 2.07. The quantitative estimate of drug-likeness (QED) is 0.522. The van der Waals surface area contributed by atoms with Crippen molar-refractivity contribution in [3.8, 4) is 0 Å². The summed E-state index contributed by atoms with van der Waals surface area (Å²) in [4.78, 5) is 16.2. The largest absolute Gasteiger partial charge is 0.369 e. The minimum Gasteiger partial charge on any atom is -0.369 e. The maximum Gasteiger partial charge on any atom is 0.329 e. The number of halogens is 2. The topological polar surface area (TPSA) is 95.1 Å². The lowest BCUT2D eigenvalue weighted by Crippen LogP contribution is -2.46. The molecule has 2 amide bonds. The standard InChI is InChI=1S/C8H11N5O.2ClH/c1-11-8(14)13(7(9)10)6-4-2-3-5-12-6;;/h2-5H,1H3,(H3,9,10)(H,11,14);2*1H. The Balaban J connectivity index is 0. The number of aromatic nitrogens is 1. The highest BCUT2D eigenvalue weighted by molar-refractivity contribution is 6.13. The van der Waals surface area contributed by atoms with Crippen LogP contribution in [0.15, 0.2) is 24.4 Å². The van der Waals surface area contributed by atoms with E-state index in [4.69, 9.17) is 11.1 Å². The molecule has 1 heterocycles. The molecule has 0 fully saturated rings. The number of guanidine groups is 1. The molecule has 0 unspecified atom stereocenters. The smallest absolute Gasteiger partial charge is 0.329 e. The van der Waals surface area contributed by atoms with Gasteiger partial charge in [0.2, 0.25) is 5.96 Å². The molecular formula is C8H13Cl2N5O. The van der Waals surface area contributed by atoms with E-state index in [0.717, 1.165) is 4.90 Å². The van der Waals surface area contributed by atoms with Crippen molar-refractivity contribution in [2.75, 3.05) is 11.9 Å². The highest BCUT2D eigenvalue weighted by atomic mass is 35.5. The van der Waals surface area contributed by atoms with Crippen molar-refractivity contribution in [3.63, 3.8) is 0 Å². The van der Waals surface area contributed by atoms with Gasteiger partial charge in [-0.15, -0.1) is 24.8 Å². The molecule has 0 atom stereocenters. The van der Waals surface area contributed by atoms with Crippen LogP contribution >= 0.6 is 24.8 Å². The Morgan fingerprint density at radius 2 is 2.12 bits per heavy atom. The lowest BCUT2D eigenvalue weighted by molar-refractivity contribution is 0.250. The SMILES string of the molecule is CNC(=O)N(C(=N)N)c1ccccn1.Cl.Cl. The predicted octanol–water partition coefficient (Wildman–Crippen LogP) is 0.964. The first-order valence-electron chi connectivity index (χ1n) is 3.93. The summed E-state index contributed by atoms with van der Waals surface area (Å²) >= 11 is 0. The number of hydrogen-bond acceptors (Lipinski definition) is 3. The van der Waals surface area contributed by atoms with Crippen molar-refractivity contribution in [2.24, 2.45) is 5.73 Å². The number of carbonyl (C=O) groups excluding carboxylic acids is 1. The zero-order chi connectivity index (χ0) is 10.6. The zero-order valence-electron chi connectivity index (χ0n) is 8.51. The van der Waals surface area contributed by atoms with Crippen molar-refractivity contribution in [1.29, 1.82) is 5.41 Å². The van der Waals surface area contributed by atoms with E-state index in [1.165, 1.54) is 13.2 Å². The normalized spacial score (nSPS) is 8.06. The molecule has 0 spiro atoms. The van der Waals surface area contributed by atoms with Gasteiger partial charge in [0.25, 0.3) is 0 Å². The molecule has 8 heteroatoms. The number of nitrogens with one attached hydrogen (secondary N) is 2. The van der Waals surface area contributed by atoms with Gasteiger partial charge in [-0.05, 0) is 12.1 Å². The van der Waals surface area contributed by atoms with Gasteiger partial charge in [-0.2, -0.15) is 0 Å². The van der Waals surface area contributed by atoms with Crippen LogP contribution < -0.4 is 16.0 Å². The minimum absolute atomic E-state index is 0. The predicted molar refractivity (Wildman–Crippen MR) is 67.6 cm³/mol. The van der Waals surface area contributed by atoms with Crippen LogP contribution in [0.3, 0.4) is 0 Å². The second-order valence-corrected chi connectivity index (χ2v) is 2.46. The van der Waals surface area contributed by atoms with Gasteiger partial charge in [0.15, 0.2) is 0 Å². The summed E-state index contributed by atoms with van der Waals surface area (Å²) in [5, 5.41) is 9.60. The van der Waals surface area contributed by atoms with Crippen molar-refractivity contribution < 1.29 is 4.79 Å². The minimum atomic E-state index is -0.490. The van der Waals surface area contributed by atoms with Gasteiger partial charge >= 0.3 is 6.03 Å². The molecule has 90 valence electrons. The van der Waals surface area contributed by atoms with Gasteiger partial charge in [0.1, 0.15) is 5.82 Å². The van der Waals surface area contributed by atoms with Gasteiger partial charge < -0.3 is 11.1 Å². The first-order valence-corrected chi connectivity index (χ1v) is 3.93. The number of nitrogens with two attached hydrogens (primary N) is 1. The van der Waals surface area contributed by atoms with Gasteiger partial charge in [-0.25, -0.2) is 14.7 Å². The molecule has 0 bridgehead atoms. The van der Waals surface area contributed by atoms with Crippen molar-refractivity contribution >= 4 is 42.6 Å². The molecule has 0 aliphatic heterocycles. The third-order valence-electron chi connectivity index (χ3n) is 1.54. The Morgan fingerprint density at radius 1 is 1.50 bits per heavy atom. The summed E-state index contributed by atoms with van der Waals surface area (Å²) in [6.07, 6.45) is 1.52. The van der Waals surface area contributed by atoms with E-state index < -0.39 is 6.03 Å². The van der Waals surface area contributed by atoms with E-state index in [1.54, 1.807) is 18.2 Å². The molecular weight excluding hydrogens is 253 g/mol. The third kappa shape index (κ3) is 3.92. The number of nitrogens with zero attached hydrogens (tertiary/aromatic N) is 2. The monoisotopic (exact) mass is 265 g/mol. The Morgan fingerprint density at radius 3 is 2.50 bits per heavy atom. The van der Waals surface area contributed by atoms with E-state index >= 15 is 0 Å². The second kappa shape index (κ2) is 7.72. The fraction of sp³-hybridized carbons (Fsp3) is 0.125. The Bertz CT molecular complexity index is 346. The summed E-state index contributed by atoms with van der Waals surface area (Å²) in [5.74, 6) is -0.0533. The van der Waals surface area contributed by atoms with E-state index in [1.807, 2.05) is 0 Å². The van der Waals surface area contributed by atoms with Crippen LogP contribution in [0.4, 0.5) is 10.6 Å². The molecule has 6 nitrogen and oxygen atoms in total. The summed E-state index contributed by atoms with van der Waals surface area (Å²) < 4.78 is 0. The summed E-state index contributed by atoms with van der Waals surface area (Å²) in [6.45, 7) is 0. The number of rotatable bonds is 1. The van der Waals surface area contributed by atoms with E-state index in [-0.39, 0.29) is 30.8 Å². The fourth-order valence-corrected chi connectivity index (χ4v) is 0.935. The highest BCUT2D eigenvalue weighted by Gasteiger charge is 2.17. The molecule has 4 N–H and O–H groups in total.